The minimum Gasteiger partial charge on any atom is -0.365 e. The topological polar surface area (TPSA) is 64.8 Å². The molecule has 1 aliphatic rings. The summed E-state index contributed by atoms with van der Waals surface area (Å²) in [7, 11) is 0. The number of aromatic nitrogens is 2. The first-order chi connectivity index (χ1) is 9.69. The SMILES string of the molecule is CC1CN(c2c(C#N)nnc3ccccc23)CC(C)N1. The maximum absolute atomic E-state index is 9.35. The Labute approximate surface area is 118 Å². The van der Waals surface area contributed by atoms with Gasteiger partial charge in [-0.1, -0.05) is 18.2 Å². The fourth-order valence-electron chi connectivity index (χ4n) is 2.94. The Balaban J connectivity index is 2.16. The van der Waals surface area contributed by atoms with Crippen molar-refractivity contribution < 1.29 is 0 Å². The molecule has 3 rings (SSSR count). The maximum Gasteiger partial charge on any atom is 0.187 e. The highest BCUT2D eigenvalue weighted by Gasteiger charge is 2.25. The van der Waals surface area contributed by atoms with Crippen LogP contribution in [0.1, 0.15) is 19.5 Å². The van der Waals surface area contributed by atoms with Gasteiger partial charge in [0.25, 0.3) is 0 Å². The molecule has 1 aromatic carbocycles. The number of rotatable bonds is 1. The maximum atomic E-state index is 9.35. The van der Waals surface area contributed by atoms with Gasteiger partial charge in [-0.05, 0) is 19.9 Å². The van der Waals surface area contributed by atoms with Crippen LogP contribution in [0.2, 0.25) is 0 Å². The van der Waals surface area contributed by atoms with E-state index in [1.54, 1.807) is 0 Å². The molecule has 0 spiro atoms. The molecule has 2 atom stereocenters. The van der Waals surface area contributed by atoms with Crippen molar-refractivity contribution >= 4 is 16.6 Å². The summed E-state index contributed by atoms with van der Waals surface area (Å²) in [4.78, 5) is 2.25. The number of nitriles is 1. The largest absolute Gasteiger partial charge is 0.365 e. The van der Waals surface area contributed by atoms with E-state index < -0.39 is 0 Å². The standard InChI is InChI=1S/C15H17N5/c1-10-8-20(9-11(2)17-10)15-12-5-3-4-6-13(12)18-19-14(15)7-16/h3-6,10-11,17H,8-9H2,1-2H3. The highest BCUT2D eigenvalue weighted by atomic mass is 15.2. The molecule has 5 heteroatoms. The summed E-state index contributed by atoms with van der Waals surface area (Å²) >= 11 is 0. The number of nitrogens with zero attached hydrogens (tertiary/aromatic N) is 4. The molecule has 0 bridgehead atoms. The zero-order chi connectivity index (χ0) is 14.1. The van der Waals surface area contributed by atoms with E-state index >= 15 is 0 Å². The summed E-state index contributed by atoms with van der Waals surface area (Å²) in [6.45, 7) is 6.06. The highest BCUT2D eigenvalue weighted by molar-refractivity contribution is 5.93. The Hall–Kier alpha value is -2.19. The molecule has 0 amide bonds. The summed E-state index contributed by atoms with van der Waals surface area (Å²) in [5, 5.41) is 22.1. The molecular weight excluding hydrogens is 250 g/mol. The third kappa shape index (κ3) is 2.19. The Bertz CT molecular complexity index is 666. The number of hydrogen-bond donors (Lipinski definition) is 1. The van der Waals surface area contributed by atoms with Gasteiger partial charge in [0.2, 0.25) is 0 Å². The van der Waals surface area contributed by atoms with Crippen molar-refractivity contribution in [1.82, 2.24) is 15.5 Å². The van der Waals surface area contributed by atoms with E-state index in [0.29, 0.717) is 17.8 Å². The van der Waals surface area contributed by atoms with Crippen molar-refractivity contribution in [1.29, 1.82) is 5.26 Å². The van der Waals surface area contributed by atoms with Crippen LogP contribution in [0.3, 0.4) is 0 Å². The first-order valence-corrected chi connectivity index (χ1v) is 6.85. The van der Waals surface area contributed by atoms with E-state index in [1.807, 2.05) is 24.3 Å². The van der Waals surface area contributed by atoms with Crippen LogP contribution in [0.25, 0.3) is 10.9 Å². The average Bonchev–Trinajstić information content (AvgIpc) is 2.45. The minimum atomic E-state index is 0.386. The second-order valence-corrected chi connectivity index (χ2v) is 5.40. The first kappa shape index (κ1) is 12.8. The smallest absolute Gasteiger partial charge is 0.187 e. The number of hydrogen-bond acceptors (Lipinski definition) is 5. The molecule has 102 valence electrons. The van der Waals surface area contributed by atoms with E-state index in [4.69, 9.17) is 0 Å². The fraction of sp³-hybridized carbons (Fsp3) is 0.400. The highest BCUT2D eigenvalue weighted by Crippen LogP contribution is 2.29. The Morgan fingerprint density at radius 1 is 1.20 bits per heavy atom. The van der Waals surface area contributed by atoms with E-state index in [1.165, 1.54) is 0 Å². The van der Waals surface area contributed by atoms with E-state index in [-0.39, 0.29) is 0 Å². The molecule has 0 saturated carbocycles. The van der Waals surface area contributed by atoms with Gasteiger partial charge in [-0.25, -0.2) is 0 Å². The molecule has 20 heavy (non-hydrogen) atoms. The predicted molar refractivity (Wildman–Crippen MR) is 78.5 cm³/mol. The summed E-state index contributed by atoms with van der Waals surface area (Å²) < 4.78 is 0. The zero-order valence-electron chi connectivity index (χ0n) is 11.7. The van der Waals surface area contributed by atoms with Gasteiger partial charge in [0, 0.05) is 30.6 Å². The van der Waals surface area contributed by atoms with Gasteiger partial charge in [0.15, 0.2) is 5.69 Å². The molecule has 2 unspecified atom stereocenters. The molecule has 1 aromatic heterocycles. The van der Waals surface area contributed by atoms with E-state index in [2.05, 4.69) is 40.3 Å². The number of fused-ring (bicyclic) bond motifs is 1. The Morgan fingerprint density at radius 3 is 2.60 bits per heavy atom. The number of piperazine rings is 1. The van der Waals surface area contributed by atoms with Crippen molar-refractivity contribution in [3.63, 3.8) is 0 Å². The van der Waals surface area contributed by atoms with Crippen LogP contribution < -0.4 is 10.2 Å². The van der Waals surface area contributed by atoms with Crippen molar-refractivity contribution in [2.45, 2.75) is 25.9 Å². The minimum absolute atomic E-state index is 0.386. The Morgan fingerprint density at radius 2 is 1.90 bits per heavy atom. The normalized spacial score (nSPS) is 22.8. The molecule has 0 radical (unpaired) electrons. The number of anilines is 1. The van der Waals surface area contributed by atoms with Crippen LogP contribution in [0.4, 0.5) is 5.69 Å². The van der Waals surface area contributed by atoms with Crippen LogP contribution in [0.5, 0.6) is 0 Å². The number of nitrogens with one attached hydrogen (secondary N) is 1. The van der Waals surface area contributed by atoms with Crippen LogP contribution in [0, 0.1) is 11.3 Å². The summed E-state index contributed by atoms with van der Waals surface area (Å²) in [5.41, 5.74) is 2.16. The summed E-state index contributed by atoms with van der Waals surface area (Å²) in [6.07, 6.45) is 0. The van der Waals surface area contributed by atoms with Crippen molar-refractivity contribution in [2.24, 2.45) is 0 Å². The van der Waals surface area contributed by atoms with Crippen LogP contribution in [-0.2, 0) is 0 Å². The molecule has 1 N–H and O–H groups in total. The van der Waals surface area contributed by atoms with Gasteiger partial charge >= 0.3 is 0 Å². The third-order valence-electron chi connectivity index (χ3n) is 3.62. The predicted octanol–water partition coefficient (Wildman–Crippen LogP) is 1.69. The Kier molecular flexibility index (Phi) is 3.25. The molecule has 5 nitrogen and oxygen atoms in total. The summed E-state index contributed by atoms with van der Waals surface area (Å²) in [5.74, 6) is 0. The molecule has 0 aliphatic carbocycles. The molecule has 1 fully saturated rings. The van der Waals surface area contributed by atoms with Crippen molar-refractivity contribution in [3.05, 3.63) is 30.0 Å². The molecular formula is C15H17N5. The molecule has 1 aliphatic heterocycles. The first-order valence-electron chi connectivity index (χ1n) is 6.85. The van der Waals surface area contributed by atoms with Crippen LogP contribution >= 0.6 is 0 Å². The van der Waals surface area contributed by atoms with Gasteiger partial charge < -0.3 is 10.2 Å². The molecule has 2 aromatic rings. The average molecular weight is 267 g/mol. The van der Waals surface area contributed by atoms with E-state index in [9.17, 15) is 5.26 Å². The monoisotopic (exact) mass is 267 g/mol. The lowest BCUT2D eigenvalue weighted by Gasteiger charge is -2.38. The van der Waals surface area contributed by atoms with Crippen molar-refractivity contribution in [3.8, 4) is 6.07 Å². The van der Waals surface area contributed by atoms with Gasteiger partial charge in [-0.3, -0.25) is 0 Å². The lowest BCUT2D eigenvalue weighted by Crippen LogP contribution is -2.54. The quantitative estimate of drug-likeness (QED) is 0.851. The lowest BCUT2D eigenvalue weighted by atomic mass is 10.1. The van der Waals surface area contributed by atoms with Gasteiger partial charge in [-0.2, -0.15) is 5.26 Å². The van der Waals surface area contributed by atoms with Gasteiger partial charge in [0.1, 0.15) is 6.07 Å². The van der Waals surface area contributed by atoms with E-state index in [0.717, 1.165) is 29.7 Å². The van der Waals surface area contributed by atoms with Gasteiger partial charge in [-0.15, -0.1) is 10.2 Å². The zero-order valence-corrected chi connectivity index (χ0v) is 11.7. The fourth-order valence-corrected chi connectivity index (χ4v) is 2.94. The van der Waals surface area contributed by atoms with Crippen molar-refractivity contribution in [2.75, 3.05) is 18.0 Å². The lowest BCUT2D eigenvalue weighted by molar-refractivity contribution is 0.407. The third-order valence-corrected chi connectivity index (χ3v) is 3.62. The van der Waals surface area contributed by atoms with Gasteiger partial charge in [0.05, 0.1) is 11.2 Å². The second kappa shape index (κ2) is 5.06. The summed E-state index contributed by atoms with van der Waals surface area (Å²) in [6, 6.07) is 10.8. The number of benzene rings is 1. The molecule has 1 saturated heterocycles. The van der Waals surface area contributed by atoms with Crippen LogP contribution in [0.15, 0.2) is 24.3 Å². The second-order valence-electron chi connectivity index (χ2n) is 5.40. The molecule has 2 heterocycles. The van der Waals surface area contributed by atoms with Crippen LogP contribution in [-0.4, -0.2) is 35.4 Å².